The van der Waals surface area contributed by atoms with Gasteiger partial charge in [-0.05, 0) is 61.1 Å². The molecule has 7 nitrogen and oxygen atoms in total. The molecule has 0 aromatic heterocycles. The Balaban J connectivity index is 2.08. The zero-order valence-corrected chi connectivity index (χ0v) is 22.1. The topological polar surface area (TPSA) is 87.7 Å². The number of carbonyl (C=O) groups excluding carboxylic acids is 1. The number of hydrogen-bond acceptors (Lipinski definition) is 5. The summed E-state index contributed by atoms with van der Waals surface area (Å²) in [5, 5.41) is 5.59. The van der Waals surface area contributed by atoms with Crippen molar-refractivity contribution in [3.8, 4) is 5.75 Å². The predicted octanol–water partition coefficient (Wildman–Crippen LogP) is 5.12. The number of ether oxygens (including phenoxy) is 1. The van der Waals surface area contributed by atoms with Crippen LogP contribution in [0.4, 0.5) is 5.69 Å². The number of nitrogens with zero attached hydrogens (tertiary/aromatic N) is 1. The number of amides is 1. The summed E-state index contributed by atoms with van der Waals surface area (Å²) >= 11 is 8.64. The van der Waals surface area contributed by atoms with Crippen LogP contribution < -0.4 is 15.4 Å². The van der Waals surface area contributed by atoms with Crippen molar-refractivity contribution >= 4 is 54.9 Å². The quantitative estimate of drug-likeness (QED) is 0.211. The number of halogens is 1. The molecule has 0 radical (unpaired) electrons. The van der Waals surface area contributed by atoms with E-state index < -0.39 is 15.9 Å². The first-order valence-electron chi connectivity index (χ1n) is 10.6. The van der Waals surface area contributed by atoms with Crippen molar-refractivity contribution in [2.45, 2.75) is 24.7 Å². The number of sulfonamides is 1. The molecule has 0 spiro atoms. The Morgan fingerprint density at radius 3 is 2.38 bits per heavy atom. The van der Waals surface area contributed by atoms with Gasteiger partial charge in [0.05, 0.1) is 17.1 Å². The molecular weight excluding hydrogens is 538 g/mol. The summed E-state index contributed by atoms with van der Waals surface area (Å²) in [4.78, 5) is 12.9. The van der Waals surface area contributed by atoms with Gasteiger partial charge in [-0.1, -0.05) is 41.4 Å². The highest BCUT2D eigenvalue weighted by atomic mass is 79.9. The summed E-state index contributed by atoms with van der Waals surface area (Å²) in [7, 11) is -3.70. The maximum atomic E-state index is 12.8. The second-order valence-electron chi connectivity index (χ2n) is 7.17. The second-order valence-corrected chi connectivity index (χ2v) is 10.4. The third-order valence-electron chi connectivity index (χ3n) is 4.58. The van der Waals surface area contributed by atoms with Gasteiger partial charge >= 0.3 is 0 Å². The van der Waals surface area contributed by atoms with Crippen LogP contribution in [0.3, 0.4) is 0 Å². The molecule has 1 amide bonds. The van der Waals surface area contributed by atoms with E-state index in [0.29, 0.717) is 23.6 Å². The Hall–Kier alpha value is -2.53. The van der Waals surface area contributed by atoms with Gasteiger partial charge in [0.25, 0.3) is 5.91 Å². The van der Waals surface area contributed by atoms with Gasteiger partial charge in [0.1, 0.15) is 5.75 Å². The molecule has 0 aliphatic rings. The fourth-order valence-corrected chi connectivity index (χ4v) is 4.84. The van der Waals surface area contributed by atoms with Crippen LogP contribution in [-0.2, 0) is 10.0 Å². The van der Waals surface area contributed by atoms with Gasteiger partial charge < -0.3 is 10.1 Å². The van der Waals surface area contributed by atoms with Crippen LogP contribution in [-0.4, -0.2) is 43.4 Å². The molecule has 182 valence electrons. The van der Waals surface area contributed by atoms with Gasteiger partial charge in [-0.25, -0.2) is 8.42 Å². The van der Waals surface area contributed by atoms with E-state index in [9.17, 15) is 13.2 Å². The van der Waals surface area contributed by atoms with Gasteiger partial charge in [0, 0.05) is 23.2 Å². The molecular formula is C24H28BrN3O4S2. The third-order valence-corrected chi connectivity index (χ3v) is 7.13. The maximum absolute atomic E-state index is 12.8. The molecule has 0 bridgehead atoms. The molecule has 2 aromatic carbocycles. The molecule has 0 heterocycles. The molecule has 0 aliphatic heterocycles. The summed E-state index contributed by atoms with van der Waals surface area (Å²) < 4.78 is 33.4. The van der Waals surface area contributed by atoms with Crippen LogP contribution in [0.1, 0.15) is 30.1 Å². The van der Waals surface area contributed by atoms with Crippen molar-refractivity contribution in [2.24, 2.45) is 0 Å². The molecule has 2 N–H and O–H groups in total. The van der Waals surface area contributed by atoms with Gasteiger partial charge in [-0.15, -0.1) is 13.2 Å². The Labute approximate surface area is 215 Å². The summed E-state index contributed by atoms with van der Waals surface area (Å²) in [5.74, 6) is 0.0455. The Morgan fingerprint density at radius 2 is 1.79 bits per heavy atom. The Morgan fingerprint density at radius 1 is 1.15 bits per heavy atom. The molecule has 2 rings (SSSR count). The molecule has 0 atom stereocenters. The summed E-state index contributed by atoms with van der Waals surface area (Å²) in [6.45, 7) is 10.1. The monoisotopic (exact) mass is 565 g/mol. The van der Waals surface area contributed by atoms with Gasteiger partial charge in [-0.2, -0.15) is 4.31 Å². The lowest BCUT2D eigenvalue weighted by atomic mass is 10.2. The maximum Gasteiger partial charge on any atom is 0.261 e. The van der Waals surface area contributed by atoms with Crippen molar-refractivity contribution < 1.29 is 17.9 Å². The number of unbranched alkanes of at least 4 members (excludes halogenated alkanes) is 1. The van der Waals surface area contributed by atoms with Gasteiger partial charge in [-0.3, -0.25) is 10.1 Å². The van der Waals surface area contributed by atoms with E-state index >= 15 is 0 Å². The van der Waals surface area contributed by atoms with Gasteiger partial charge in [0.15, 0.2) is 5.11 Å². The van der Waals surface area contributed by atoms with Crippen molar-refractivity contribution in [1.29, 1.82) is 0 Å². The van der Waals surface area contributed by atoms with Crippen LogP contribution in [0.5, 0.6) is 5.75 Å². The molecule has 0 fully saturated rings. The predicted molar refractivity (Wildman–Crippen MR) is 144 cm³/mol. The van der Waals surface area contributed by atoms with E-state index in [1.165, 1.54) is 28.6 Å². The number of benzene rings is 2. The van der Waals surface area contributed by atoms with E-state index in [1.54, 1.807) is 30.3 Å². The smallest absolute Gasteiger partial charge is 0.261 e. The van der Waals surface area contributed by atoms with Crippen LogP contribution in [0, 0.1) is 0 Å². The Kier molecular flexibility index (Phi) is 10.9. The number of carbonyl (C=O) groups is 1. The van der Waals surface area contributed by atoms with E-state index in [-0.39, 0.29) is 23.1 Å². The van der Waals surface area contributed by atoms with Crippen LogP contribution >= 0.6 is 28.1 Å². The molecule has 10 heteroatoms. The number of thiocarbonyl (C=S) groups is 1. The number of nitrogens with one attached hydrogen (secondary N) is 2. The first-order chi connectivity index (χ1) is 16.2. The van der Waals surface area contributed by atoms with Crippen LogP contribution in [0.25, 0.3) is 0 Å². The summed E-state index contributed by atoms with van der Waals surface area (Å²) in [6, 6.07) is 11.3. The average molecular weight is 567 g/mol. The number of rotatable bonds is 12. The van der Waals surface area contributed by atoms with Gasteiger partial charge in [0.2, 0.25) is 10.0 Å². The zero-order valence-electron chi connectivity index (χ0n) is 18.9. The lowest BCUT2D eigenvalue weighted by molar-refractivity contribution is 0.0973. The zero-order chi connectivity index (χ0) is 25.1. The van der Waals surface area contributed by atoms with Crippen molar-refractivity contribution in [3.05, 3.63) is 77.8 Å². The fourth-order valence-electron chi connectivity index (χ4n) is 2.88. The van der Waals surface area contributed by atoms with E-state index in [4.69, 9.17) is 17.0 Å². The molecule has 2 aromatic rings. The minimum Gasteiger partial charge on any atom is -0.493 e. The molecule has 34 heavy (non-hydrogen) atoms. The lowest BCUT2D eigenvalue weighted by Crippen LogP contribution is -2.34. The largest absolute Gasteiger partial charge is 0.493 e. The van der Waals surface area contributed by atoms with Crippen LogP contribution in [0.2, 0.25) is 0 Å². The molecule has 0 unspecified atom stereocenters. The standard InChI is InChI=1S/C24H28BrN3O4S2/c1-4-7-16-32-22-13-8-18(25)17-21(22)23(29)27-24(33)26-19-9-11-20(12-10-19)34(30,31)28(14-5-2)15-6-3/h5-6,8-13,17H,2-4,7,14-16H2,1H3,(H2,26,27,29,33). The molecule has 0 saturated carbocycles. The SMILES string of the molecule is C=CCN(CC=C)S(=O)(=O)c1ccc(NC(=S)NC(=O)c2cc(Br)ccc2OCCCC)cc1. The fraction of sp³-hybridized carbons (Fsp3) is 0.250. The highest BCUT2D eigenvalue weighted by Gasteiger charge is 2.22. The molecule has 0 saturated heterocycles. The minimum atomic E-state index is -3.70. The lowest BCUT2D eigenvalue weighted by Gasteiger charge is -2.19. The summed E-state index contributed by atoms with van der Waals surface area (Å²) in [6.07, 6.45) is 4.89. The van der Waals surface area contributed by atoms with E-state index in [2.05, 4.69) is 46.6 Å². The van der Waals surface area contributed by atoms with E-state index in [0.717, 1.165) is 17.3 Å². The molecule has 0 aliphatic carbocycles. The first-order valence-corrected chi connectivity index (χ1v) is 13.2. The minimum absolute atomic E-state index is 0.0695. The normalized spacial score (nSPS) is 11.0. The second kappa shape index (κ2) is 13.4. The Bertz CT molecular complexity index is 1130. The number of anilines is 1. The number of hydrogen-bond donors (Lipinski definition) is 2. The van der Waals surface area contributed by atoms with Crippen LogP contribution in [0.15, 0.2) is 77.1 Å². The highest BCUT2D eigenvalue weighted by molar-refractivity contribution is 9.10. The first kappa shape index (κ1) is 27.7. The van der Waals surface area contributed by atoms with E-state index in [1.807, 2.05) is 0 Å². The van der Waals surface area contributed by atoms with Crippen molar-refractivity contribution in [3.63, 3.8) is 0 Å². The summed E-state index contributed by atoms with van der Waals surface area (Å²) in [5.41, 5.74) is 0.873. The van der Waals surface area contributed by atoms with Crippen molar-refractivity contribution in [2.75, 3.05) is 25.0 Å². The van der Waals surface area contributed by atoms with Crippen molar-refractivity contribution in [1.82, 2.24) is 9.62 Å². The third kappa shape index (κ3) is 7.76. The highest BCUT2D eigenvalue weighted by Crippen LogP contribution is 2.24. The average Bonchev–Trinajstić information content (AvgIpc) is 2.80.